The number of ether oxygens (including phenoxy) is 2. The molecule has 12 nitrogen and oxygen atoms in total. The normalized spacial score (nSPS) is 37.5. The van der Waals surface area contributed by atoms with E-state index in [0.29, 0.717) is 11.8 Å². The largest absolute Gasteiger partial charge is 0.507 e. The lowest BCUT2D eigenvalue weighted by Gasteiger charge is -2.61. The van der Waals surface area contributed by atoms with Crippen LogP contribution in [0.15, 0.2) is 36.4 Å². The summed E-state index contributed by atoms with van der Waals surface area (Å²) in [5, 5.41) is 66.1. The van der Waals surface area contributed by atoms with Gasteiger partial charge in [-0.3, -0.25) is 19.2 Å². The summed E-state index contributed by atoms with van der Waals surface area (Å²) in [6.45, 7) is 1.97. The Kier molecular flexibility index (Phi) is 7.56. The van der Waals surface area contributed by atoms with Crippen molar-refractivity contribution in [2.24, 2.45) is 0 Å². The number of hydrogen-bond donors (Lipinski definition) is 6. The van der Waals surface area contributed by atoms with Crippen LogP contribution in [-0.2, 0) is 9.47 Å². The highest BCUT2D eigenvalue weighted by Crippen LogP contribution is 2.64. The first-order valence-electron chi connectivity index (χ1n) is 14.8. The van der Waals surface area contributed by atoms with Crippen LogP contribution < -0.4 is 0 Å². The molecule has 0 saturated carbocycles. The fourth-order valence-electron chi connectivity index (χ4n) is 7.76. The molecule has 4 aliphatic rings. The molecule has 0 bridgehead atoms. The van der Waals surface area contributed by atoms with Crippen molar-refractivity contribution in [1.82, 2.24) is 0 Å². The Morgan fingerprint density at radius 3 is 1.42 bits per heavy atom. The van der Waals surface area contributed by atoms with Gasteiger partial charge in [0.15, 0.2) is 22.8 Å². The van der Waals surface area contributed by atoms with Crippen molar-refractivity contribution in [2.75, 3.05) is 13.2 Å². The molecule has 6 N–H and O–H groups in total. The topological polar surface area (TPSA) is 208 Å². The third kappa shape index (κ3) is 3.95. The lowest BCUT2D eigenvalue weighted by atomic mass is 9.63. The SMILES string of the molecule is C[C@@H]1O[C@@H](CCO)C[C@@]2(S[C@@]34C[C@H](CCO)O[C@@H](C)[C@@]3(O)C(=O)c3c(O)cccc3C4=O)C(=O)c3cccc(O)c3C(=O)[C@]12O. The Labute approximate surface area is 262 Å². The van der Waals surface area contributed by atoms with Crippen LogP contribution >= 0.6 is 11.8 Å². The number of carbonyl (C=O) groups excluding carboxylic acids is 4. The van der Waals surface area contributed by atoms with Crippen LogP contribution in [0, 0.1) is 0 Å². The number of rotatable bonds is 6. The maximum Gasteiger partial charge on any atom is 0.203 e. The van der Waals surface area contributed by atoms with E-state index in [-0.39, 0.29) is 37.2 Å². The van der Waals surface area contributed by atoms with E-state index in [4.69, 9.17) is 9.47 Å². The van der Waals surface area contributed by atoms with Crippen LogP contribution in [0.2, 0.25) is 0 Å². The molecule has 45 heavy (non-hydrogen) atoms. The van der Waals surface area contributed by atoms with Crippen LogP contribution in [0.4, 0.5) is 0 Å². The van der Waals surface area contributed by atoms with Gasteiger partial charge in [-0.25, -0.2) is 0 Å². The molecule has 13 heteroatoms. The van der Waals surface area contributed by atoms with Gasteiger partial charge in [-0.05, 0) is 51.7 Å². The van der Waals surface area contributed by atoms with Crippen LogP contribution in [0.5, 0.6) is 11.5 Å². The lowest BCUT2D eigenvalue weighted by Crippen LogP contribution is -2.79. The molecule has 2 aromatic carbocycles. The Balaban J connectivity index is 1.67. The van der Waals surface area contributed by atoms with Crippen LogP contribution in [0.25, 0.3) is 0 Å². The standard InChI is InChI=1S/C32H34O12S/c1-15-31(41)27(39)23-19(5-3-7-21(23)35)25(37)29(31,13-17(43-15)9-11-33)45-30-14-18(10-12-34)44-16(2)32(30,42)28(40)24-20(26(30)38)6-4-8-22(24)36/h3-8,15-18,33-36,41-42H,9-14H2,1-2H3/t15-,16-,17-,18-,29+,30+,31+,32+/m0/s1. The lowest BCUT2D eigenvalue weighted by molar-refractivity contribution is -0.166. The van der Waals surface area contributed by atoms with Crippen molar-refractivity contribution in [3.8, 4) is 11.5 Å². The first kappa shape index (κ1) is 31.8. The molecular weight excluding hydrogens is 608 g/mol. The summed E-state index contributed by atoms with van der Waals surface area (Å²) >= 11 is 0.504. The third-order valence-electron chi connectivity index (χ3n) is 9.94. The monoisotopic (exact) mass is 642 g/mol. The summed E-state index contributed by atoms with van der Waals surface area (Å²) < 4.78 is 7.35. The maximum atomic E-state index is 14.8. The van der Waals surface area contributed by atoms with Gasteiger partial charge in [0.05, 0.1) is 35.5 Å². The number of benzene rings is 2. The molecule has 0 amide bonds. The van der Waals surface area contributed by atoms with Gasteiger partial charge < -0.3 is 40.1 Å². The summed E-state index contributed by atoms with van der Waals surface area (Å²) in [5.41, 5.74) is -6.76. The Morgan fingerprint density at radius 2 is 1.07 bits per heavy atom. The average Bonchev–Trinajstić information content (AvgIpc) is 2.99. The Morgan fingerprint density at radius 1 is 0.689 bits per heavy atom. The first-order valence-corrected chi connectivity index (χ1v) is 15.6. The number of phenolic OH excluding ortho intramolecular Hbond substituents is 2. The van der Waals surface area contributed by atoms with Gasteiger partial charge in [-0.2, -0.15) is 0 Å². The van der Waals surface area contributed by atoms with Crippen molar-refractivity contribution in [3.63, 3.8) is 0 Å². The number of fused-ring (bicyclic) bond motifs is 4. The molecular formula is C32H34O12S. The fourth-order valence-corrected chi connectivity index (χ4v) is 10.1. The molecule has 240 valence electrons. The molecule has 0 spiro atoms. The summed E-state index contributed by atoms with van der Waals surface area (Å²) in [6.07, 6.45) is -5.49. The number of carbonyl (C=O) groups is 4. The van der Waals surface area contributed by atoms with Crippen LogP contribution in [0.1, 0.15) is 81.0 Å². The van der Waals surface area contributed by atoms with Gasteiger partial charge in [0.2, 0.25) is 11.6 Å². The molecule has 0 unspecified atom stereocenters. The van der Waals surface area contributed by atoms with Crippen molar-refractivity contribution >= 4 is 34.9 Å². The molecule has 2 fully saturated rings. The molecule has 8 atom stereocenters. The molecule has 2 aliphatic heterocycles. The van der Waals surface area contributed by atoms with Crippen molar-refractivity contribution in [1.29, 1.82) is 0 Å². The Bertz CT molecular complexity index is 1510. The minimum absolute atomic E-state index is 0.00933. The van der Waals surface area contributed by atoms with E-state index in [2.05, 4.69) is 0 Å². The van der Waals surface area contributed by atoms with Gasteiger partial charge in [0, 0.05) is 24.3 Å². The number of aliphatic hydroxyl groups is 4. The zero-order valence-corrected chi connectivity index (χ0v) is 25.4. The molecule has 2 heterocycles. The minimum atomic E-state index is -2.72. The second-order valence-corrected chi connectivity index (χ2v) is 13.8. The average molecular weight is 643 g/mol. The molecule has 2 aliphatic carbocycles. The smallest absolute Gasteiger partial charge is 0.203 e. The summed E-state index contributed by atoms with van der Waals surface area (Å²) in [7, 11) is 0. The molecule has 0 aromatic heterocycles. The van der Waals surface area contributed by atoms with Crippen molar-refractivity contribution in [2.45, 2.75) is 84.6 Å². The molecule has 2 saturated heterocycles. The molecule has 0 radical (unpaired) electrons. The predicted octanol–water partition coefficient (Wildman–Crippen LogP) is 1.35. The van der Waals surface area contributed by atoms with E-state index in [1.165, 1.54) is 50.2 Å². The van der Waals surface area contributed by atoms with Gasteiger partial charge in [0.1, 0.15) is 21.0 Å². The van der Waals surface area contributed by atoms with Gasteiger partial charge >= 0.3 is 0 Å². The maximum absolute atomic E-state index is 14.8. The zero-order valence-electron chi connectivity index (χ0n) is 24.6. The fraction of sp³-hybridized carbons (Fsp3) is 0.500. The van der Waals surface area contributed by atoms with Crippen LogP contribution in [-0.4, -0.2) is 112 Å². The third-order valence-corrected chi connectivity index (χ3v) is 12.0. The van der Waals surface area contributed by atoms with E-state index < -0.39 is 104 Å². The second-order valence-electron chi connectivity index (χ2n) is 12.2. The summed E-state index contributed by atoms with van der Waals surface area (Å²) in [5.74, 6) is -4.86. The highest BCUT2D eigenvalue weighted by atomic mass is 32.2. The molecule has 2 aromatic rings. The quantitative estimate of drug-likeness (QED) is 0.263. The summed E-state index contributed by atoms with van der Waals surface area (Å²) in [6, 6.07) is 7.72. The minimum Gasteiger partial charge on any atom is -0.507 e. The Hall–Kier alpha value is -3.17. The summed E-state index contributed by atoms with van der Waals surface area (Å²) in [4.78, 5) is 58.3. The number of thioether (sulfide) groups is 1. The van der Waals surface area contributed by atoms with Crippen LogP contribution in [0.3, 0.4) is 0 Å². The first-order chi connectivity index (χ1) is 21.2. The van der Waals surface area contributed by atoms with Crippen molar-refractivity contribution < 1.29 is 59.3 Å². The highest BCUT2D eigenvalue weighted by Gasteiger charge is 2.78. The predicted molar refractivity (Wildman–Crippen MR) is 158 cm³/mol. The van der Waals surface area contributed by atoms with Crippen molar-refractivity contribution in [3.05, 3.63) is 58.7 Å². The van der Waals surface area contributed by atoms with E-state index >= 15 is 0 Å². The number of phenols is 2. The van der Waals surface area contributed by atoms with E-state index in [1.54, 1.807) is 0 Å². The van der Waals surface area contributed by atoms with Gasteiger partial charge in [-0.1, -0.05) is 24.3 Å². The molecule has 6 rings (SSSR count). The number of ketones is 4. The number of hydrogen-bond acceptors (Lipinski definition) is 13. The zero-order chi connectivity index (χ0) is 32.7. The highest BCUT2D eigenvalue weighted by molar-refractivity contribution is 8.03. The van der Waals surface area contributed by atoms with Gasteiger partial charge in [-0.15, -0.1) is 11.8 Å². The number of aliphatic hydroxyl groups excluding tert-OH is 2. The number of aromatic hydroxyl groups is 2. The van der Waals surface area contributed by atoms with E-state index in [1.807, 2.05) is 0 Å². The van der Waals surface area contributed by atoms with Gasteiger partial charge in [0.25, 0.3) is 0 Å². The number of Topliss-reactive ketones (excluding diaryl/α,β-unsaturated/α-hetero) is 4. The van der Waals surface area contributed by atoms with E-state index in [0.717, 1.165) is 0 Å². The second kappa shape index (κ2) is 10.7. The van der Waals surface area contributed by atoms with E-state index in [9.17, 15) is 49.8 Å².